The van der Waals surface area contributed by atoms with Crippen LogP contribution >= 0.6 is 0 Å². The van der Waals surface area contributed by atoms with Crippen LogP contribution in [0.15, 0.2) is 48.6 Å². The van der Waals surface area contributed by atoms with E-state index in [1.807, 2.05) is 36.4 Å². The average Bonchev–Trinajstić information content (AvgIpc) is 3.08. The molecule has 1 aromatic heterocycles. The van der Waals surface area contributed by atoms with Crippen LogP contribution in [0.5, 0.6) is 5.75 Å². The van der Waals surface area contributed by atoms with Gasteiger partial charge in [-0.2, -0.15) is 4.89 Å². The highest BCUT2D eigenvalue weighted by Gasteiger charge is 2.21. The Labute approximate surface area is 169 Å². The summed E-state index contributed by atoms with van der Waals surface area (Å²) in [6.07, 6.45) is 0.340. The monoisotopic (exact) mass is 395 g/mol. The molecule has 1 N–H and O–H groups in total. The first-order chi connectivity index (χ1) is 13.7. The second kappa shape index (κ2) is 8.05. The molecular formula is C22H25N3O4. The summed E-state index contributed by atoms with van der Waals surface area (Å²) in [6, 6.07) is 11.3. The minimum atomic E-state index is -0.620. The van der Waals surface area contributed by atoms with Crippen LogP contribution in [-0.4, -0.2) is 32.7 Å². The number of fused-ring (bicyclic) bond motifs is 1. The molecule has 0 atom stereocenters. The minimum absolute atomic E-state index is 0.0631. The number of hydrogen-bond donors (Lipinski definition) is 1. The first-order valence-corrected chi connectivity index (χ1v) is 9.35. The number of aromatic hydroxyl groups is 1. The fraction of sp³-hybridized carbons (Fsp3) is 0.318. The first kappa shape index (κ1) is 20.5. The van der Waals surface area contributed by atoms with E-state index in [0.29, 0.717) is 17.7 Å². The van der Waals surface area contributed by atoms with Crippen molar-refractivity contribution in [1.29, 1.82) is 0 Å². The van der Waals surface area contributed by atoms with Gasteiger partial charge in [0, 0.05) is 12.0 Å². The lowest BCUT2D eigenvalue weighted by Gasteiger charge is -2.22. The van der Waals surface area contributed by atoms with Crippen molar-refractivity contribution in [3.8, 4) is 11.4 Å². The summed E-state index contributed by atoms with van der Waals surface area (Å²) in [6.45, 7) is 11.4. The second-order valence-corrected chi connectivity index (χ2v) is 7.95. The van der Waals surface area contributed by atoms with Gasteiger partial charge in [0.2, 0.25) is 0 Å². The molecule has 29 heavy (non-hydrogen) atoms. The Morgan fingerprint density at radius 3 is 2.34 bits per heavy atom. The smallest absolute Gasteiger partial charge is 0.368 e. The zero-order valence-electron chi connectivity index (χ0n) is 17.1. The van der Waals surface area contributed by atoms with Crippen molar-refractivity contribution in [1.82, 2.24) is 15.0 Å². The third-order valence-electron chi connectivity index (χ3n) is 4.47. The molecule has 0 aliphatic carbocycles. The number of carbonyl (C=O) groups is 1. The predicted octanol–water partition coefficient (Wildman–Crippen LogP) is 4.02. The van der Waals surface area contributed by atoms with Gasteiger partial charge in [-0.25, -0.2) is 4.79 Å². The van der Waals surface area contributed by atoms with Crippen LogP contribution in [0.1, 0.15) is 38.8 Å². The number of phenolic OH excluding ortho intramolecular Hbond substituents is 1. The lowest BCUT2D eigenvalue weighted by atomic mass is 9.85. The van der Waals surface area contributed by atoms with Crippen molar-refractivity contribution in [2.24, 2.45) is 0 Å². The Morgan fingerprint density at radius 2 is 1.79 bits per heavy atom. The number of rotatable bonds is 6. The molecule has 1 heterocycles. The Bertz CT molecular complexity index is 1030. The summed E-state index contributed by atoms with van der Waals surface area (Å²) < 4.78 is 0. The number of nitrogens with zero attached hydrogens (tertiary/aromatic N) is 3. The molecule has 0 saturated heterocycles. The van der Waals surface area contributed by atoms with E-state index in [1.165, 1.54) is 11.7 Å². The van der Waals surface area contributed by atoms with Crippen LogP contribution in [0.3, 0.4) is 0 Å². The van der Waals surface area contributed by atoms with E-state index in [4.69, 9.17) is 4.89 Å². The van der Waals surface area contributed by atoms with Crippen LogP contribution in [0.4, 0.5) is 0 Å². The predicted molar refractivity (Wildman–Crippen MR) is 110 cm³/mol. The van der Waals surface area contributed by atoms with Crippen molar-refractivity contribution < 1.29 is 19.7 Å². The molecule has 3 rings (SSSR count). The van der Waals surface area contributed by atoms with Crippen LogP contribution in [0.25, 0.3) is 16.7 Å². The maximum Gasteiger partial charge on any atom is 0.368 e. The standard InChI is InChI=1S/C22H25N3O4/c1-14(2)21(27)29-28-11-10-15-12-16(22(3,4)5)13-19(20(15)26)25-23-17-8-6-7-9-18(17)24-25/h6-9,12-13,26H,1,10-11H2,2-5H3. The van der Waals surface area contributed by atoms with E-state index in [-0.39, 0.29) is 23.3 Å². The maximum absolute atomic E-state index is 11.4. The summed E-state index contributed by atoms with van der Waals surface area (Å²) in [5, 5.41) is 19.8. The summed E-state index contributed by atoms with van der Waals surface area (Å²) in [7, 11) is 0. The van der Waals surface area contributed by atoms with Crippen LogP contribution in [0, 0.1) is 0 Å². The molecule has 7 heteroatoms. The Kier molecular flexibility index (Phi) is 5.70. The lowest BCUT2D eigenvalue weighted by Crippen LogP contribution is -2.14. The first-order valence-electron chi connectivity index (χ1n) is 9.35. The molecule has 0 saturated carbocycles. The van der Waals surface area contributed by atoms with Gasteiger partial charge >= 0.3 is 5.97 Å². The van der Waals surface area contributed by atoms with E-state index in [2.05, 4.69) is 42.4 Å². The molecule has 0 radical (unpaired) electrons. The van der Waals surface area contributed by atoms with E-state index in [0.717, 1.165) is 16.6 Å². The van der Waals surface area contributed by atoms with E-state index < -0.39 is 5.97 Å². The highest BCUT2D eigenvalue weighted by atomic mass is 17.2. The van der Waals surface area contributed by atoms with Gasteiger partial charge in [-0.05, 0) is 41.7 Å². The zero-order chi connectivity index (χ0) is 21.2. The third kappa shape index (κ3) is 4.63. The van der Waals surface area contributed by atoms with Gasteiger partial charge in [0.15, 0.2) is 0 Å². The molecule has 152 valence electrons. The zero-order valence-corrected chi connectivity index (χ0v) is 17.1. The fourth-order valence-electron chi connectivity index (χ4n) is 2.74. The largest absolute Gasteiger partial charge is 0.505 e. The summed E-state index contributed by atoms with van der Waals surface area (Å²) in [5.41, 5.74) is 3.73. The molecule has 0 amide bonds. The molecule has 0 unspecified atom stereocenters. The third-order valence-corrected chi connectivity index (χ3v) is 4.47. The molecule has 0 bridgehead atoms. The van der Waals surface area contributed by atoms with Gasteiger partial charge in [0.1, 0.15) is 22.5 Å². The molecule has 3 aromatic rings. The number of phenols is 1. The van der Waals surface area contributed by atoms with E-state index >= 15 is 0 Å². The van der Waals surface area contributed by atoms with Gasteiger partial charge in [-0.3, -0.25) is 4.89 Å². The van der Waals surface area contributed by atoms with Crippen LogP contribution in [-0.2, 0) is 26.4 Å². The Morgan fingerprint density at radius 1 is 1.17 bits per heavy atom. The van der Waals surface area contributed by atoms with Gasteiger partial charge in [0.05, 0.1) is 6.61 Å². The molecule has 2 aromatic carbocycles. The highest BCUT2D eigenvalue weighted by Crippen LogP contribution is 2.33. The Hall–Kier alpha value is -3.19. The number of hydrogen-bond acceptors (Lipinski definition) is 6. The van der Waals surface area contributed by atoms with Crippen molar-refractivity contribution in [2.75, 3.05) is 6.61 Å². The topological polar surface area (TPSA) is 86.5 Å². The lowest BCUT2D eigenvalue weighted by molar-refractivity contribution is -0.267. The van der Waals surface area contributed by atoms with Crippen LogP contribution < -0.4 is 0 Å². The van der Waals surface area contributed by atoms with Gasteiger partial charge < -0.3 is 5.11 Å². The minimum Gasteiger partial charge on any atom is -0.505 e. The highest BCUT2D eigenvalue weighted by molar-refractivity contribution is 5.86. The average molecular weight is 395 g/mol. The number of benzene rings is 2. The second-order valence-electron chi connectivity index (χ2n) is 7.95. The molecule has 0 aliphatic heterocycles. The van der Waals surface area contributed by atoms with Gasteiger partial charge in [-0.15, -0.1) is 15.0 Å². The van der Waals surface area contributed by atoms with Crippen molar-refractivity contribution in [3.63, 3.8) is 0 Å². The maximum atomic E-state index is 11.4. The van der Waals surface area contributed by atoms with E-state index in [1.54, 1.807) is 0 Å². The molecule has 0 fully saturated rings. The molecule has 7 nitrogen and oxygen atoms in total. The molecular weight excluding hydrogens is 370 g/mol. The van der Waals surface area contributed by atoms with Crippen molar-refractivity contribution in [3.05, 3.63) is 59.7 Å². The van der Waals surface area contributed by atoms with Gasteiger partial charge in [0.25, 0.3) is 0 Å². The quantitative estimate of drug-likeness (QED) is 0.294. The summed E-state index contributed by atoms with van der Waals surface area (Å²) >= 11 is 0. The van der Waals surface area contributed by atoms with Crippen molar-refractivity contribution >= 4 is 17.0 Å². The summed E-state index contributed by atoms with van der Waals surface area (Å²) in [4.78, 5) is 22.5. The normalized spacial score (nSPS) is 11.6. The van der Waals surface area contributed by atoms with E-state index in [9.17, 15) is 9.90 Å². The number of aromatic nitrogens is 3. The Balaban J connectivity index is 1.93. The van der Waals surface area contributed by atoms with Gasteiger partial charge in [-0.1, -0.05) is 45.5 Å². The van der Waals surface area contributed by atoms with Crippen LogP contribution in [0.2, 0.25) is 0 Å². The number of carbonyl (C=O) groups excluding carboxylic acids is 1. The molecule has 0 aliphatic rings. The molecule has 0 spiro atoms. The fourth-order valence-corrected chi connectivity index (χ4v) is 2.74. The SMILES string of the molecule is C=C(C)C(=O)OOCCc1cc(C(C)(C)C)cc(-n2nc3ccccc3n2)c1O. The van der Waals surface area contributed by atoms with Crippen molar-refractivity contribution in [2.45, 2.75) is 39.5 Å². The summed E-state index contributed by atoms with van der Waals surface area (Å²) in [5.74, 6) is -0.557.